The van der Waals surface area contributed by atoms with E-state index in [1.807, 2.05) is 31.4 Å². The molecule has 1 fully saturated rings. The van der Waals surface area contributed by atoms with Crippen molar-refractivity contribution in [3.05, 3.63) is 76.5 Å². The average molecular weight is 602 g/mol. The highest BCUT2D eigenvalue weighted by Crippen LogP contribution is 2.32. The largest absolute Gasteiger partial charge is 0.428 e. The van der Waals surface area contributed by atoms with Crippen LogP contribution in [0.1, 0.15) is 49.6 Å². The summed E-state index contributed by atoms with van der Waals surface area (Å²) in [5, 5.41) is 12.6. The van der Waals surface area contributed by atoms with E-state index in [1.54, 1.807) is 35.8 Å². The molecule has 0 spiro atoms. The van der Waals surface area contributed by atoms with E-state index in [-0.39, 0.29) is 0 Å². The van der Waals surface area contributed by atoms with Gasteiger partial charge in [-0.05, 0) is 66.8 Å². The summed E-state index contributed by atoms with van der Waals surface area (Å²) in [5.74, 6) is 0.694. The summed E-state index contributed by atoms with van der Waals surface area (Å²) < 4.78 is 6.77. The van der Waals surface area contributed by atoms with E-state index in [4.69, 9.17) is 27.3 Å². The number of rotatable bonds is 2. The van der Waals surface area contributed by atoms with Gasteiger partial charge in [0.05, 0.1) is 18.2 Å². The smallest absolute Gasteiger partial charge is 0.411 e. The maximum atomic E-state index is 11.5. The van der Waals surface area contributed by atoms with Gasteiger partial charge in [0.1, 0.15) is 11.9 Å². The molecule has 1 aromatic carbocycles. The predicted molar refractivity (Wildman–Crippen MR) is 175 cm³/mol. The minimum absolute atomic E-state index is 0.405. The van der Waals surface area contributed by atoms with Gasteiger partial charge in [-0.2, -0.15) is 5.26 Å². The van der Waals surface area contributed by atoms with Crippen molar-refractivity contribution in [3.8, 4) is 31.8 Å². The maximum Gasteiger partial charge on any atom is 0.411 e. The highest BCUT2D eigenvalue weighted by atomic mass is 35.5. The number of pyridine rings is 1. The van der Waals surface area contributed by atoms with Crippen molar-refractivity contribution in [2.24, 2.45) is 7.05 Å². The number of carbonyl (C=O) groups is 1. The van der Waals surface area contributed by atoms with Crippen molar-refractivity contribution in [3.63, 3.8) is 0 Å². The number of fused-ring (bicyclic) bond motifs is 2. The van der Waals surface area contributed by atoms with Crippen LogP contribution in [0.3, 0.4) is 0 Å². The van der Waals surface area contributed by atoms with E-state index in [1.165, 1.54) is 22.3 Å². The number of nitrogen functional groups attached to an aromatic ring is 1. The number of halogens is 1. The fraction of sp³-hybridized carbons (Fsp3) is 0.333. The zero-order valence-electron chi connectivity index (χ0n) is 25.3. The summed E-state index contributed by atoms with van der Waals surface area (Å²) in [4.78, 5) is 21.4. The molecule has 5 rings (SSSR count). The molecule has 2 aromatic heterocycles. The lowest BCUT2D eigenvalue weighted by Crippen LogP contribution is -2.48. The number of ether oxygens (including phenoxy) is 1. The SMILES string of the molecule is C#C.C#C.CC(C)(C#N)OC(=O)N1CCNCC1.CCC1=Cc2cccnc2Cc2ccc(Cl)cc21.Cn1cncc1N. The molecule has 0 atom stereocenters. The van der Waals surface area contributed by atoms with E-state index in [9.17, 15) is 4.79 Å². The fourth-order valence-corrected chi connectivity index (χ4v) is 4.16. The number of aromatic nitrogens is 3. The predicted octanol–water partition coefficient (Wildman–Crippen LogP) is 5.42. The molecule has 1 saturated heterocycles. The first-order valence-electron chi connectivity index (χ1n) is 13.5. The van der Waals surface area contributed by atoms with Crippen LogP contribution in [-0.2, 0) is 18.2 Å². The van der Waals surface area contributed by atoms with Crippen LogP contribution in [0.25, 0.3) is 11.6 Å². The number of nitriles is 1. The molecule has 0 radical (unpaired) electrons. The minimum atomic E-state index is -1.04. The zero-order chi connectivity index (χ0) is 32.4. The highest BCUT2D eigenvalue weighted by Gasteiger charge is 2.26. The van der Waals surface area contributed by atoms with Gasteiger partial charge in [0, 0.05) is 50.9 Å². The Bertz CT molecular complexity index is 1400. The first-order valence-corrected chi connectivity index (χ1v) is 13.9. The third kappa shape index (κ3) is 11.6. The van der Waals surface area contributed by atoms with Crippen LogP contribution < -0.4 is 11.1 Å². The number of nitrogens with zero attached hydrogens (tertiary/aromatic N) is 5. The lowest BCUT2D eigenvalue weighted by molar-refractivity contribution is 0.0424. The third-order valence-electron chi connectivity index (χ3n) is 6.25. The van der Waals surface area contributed by atoms with Gasteiger partial charge < -0.3 is 25.3 Å². The lowest BCUT2D eigenvalue weighted by atomic mass is 9.97. The van der Waals surface area contributed by atoms with Crippen LogP contribution in [-0.4, -0.2) is 57.3 Å². The molecule has 10 heteroatoms. The Balaban J connectivity index is 0.000000328. The molecule has 1 aliphatic carbocycles. The first-order chi connectivity index (χ1) is 20.6. The summed E-state index contributed by atoms with van der Waals surface area (Å²) >= 11 is 6.12. The molecular formula is C33H40ClN7O2. The van der Waals surface area contributed by atoms with Gasteiger partial charge in [-0.25, -0.2) is 9.78 Å². The molecule has 3 heterocycles. The topological polar surface area (TPSA) is 122 Å². The Morgan fingerprint density at radius 1 is 1.21 bits per heavy atom. The lowest BCUT2D eigenvalue weighted by Gasteiger charge is -2.29. The van der Waals surface area contributed by atoms with Crippen molar-refractivity contribution in [2.75, 3.05) is 31.9 Å². The molecule has 9 nitrogen and oxygen atoms in total. The molecule has 0 saturated carbocycles. The van der Waals surface area contributed by atoms with Gasteiger partial charge in [0.15, 0.2) is 5.60 Å². The van der Waals surface area contributed by atoms with Crippen molar-refractivity contribution in [1.29, 1.82) is 5.26 Å². The van der Waals surface area contributed by atoms with Crippen molar-refractivity contribution < 1.29 is 9.53 Å². The van der Waals surface area contributed by atoms with Crippen molar-refractivity contribution >= 4 is 35.2 Å². The van der Waals surface area contributed by atoms with Crippen LogP contribution in [0.4, 0.5) is 10.6 Å². The number of aryl methyl sites for hydroxylation is 1. The Morgan fingerprint density at radius 3 is 2.42 bits per heavy atom. The fourth-order valence-electron chi connectivity index (χ4n) is 3.99. The molecule has 0 unspecified atom stereocenters. The monoisotopic (exact) mass is 601 g/mol. The van der Waals surface area contributed by atoms with Gasteiger partial charge in [-0.1, -0.05) is 30.7 Å². The summed E-state index contributed by atoms with van der Waals surface area (Å²) in [5.41, 5.74) is 10.6. The Morgan fingerprint density at radius 2 is 1.88 bits per heavy atom. The number of hydrogen-bond donors (Lipinski definition) is 2. The number of terminal acetylenes is 2. The van der Waals surface area contributed by atoms with Gasteiger partial charge in [-0.3, -0.25) is 4.98 Å². The molecule has 3 aromatic rings. The number of carbonyl (C=O) groups excluding carboxylic acids is 1. The second-order valence-corrected chi connectivity index (χ2v) is 10.1. The summed E-state index contributed by atoms with van der Waals surface area (Å²) in [7, 11) is 1.85. The second kappa shape index (κ2) is 18.6. The van der Waals surface area contributed by atoms with Crippen LogP contribution in [0, 0.1) is 37.0 Å². The van der Waals surface area contributed by atoms with Crippen LogP contribution in [0.15, 0.2) is 49.1 Å². The third-order valence-corrected chi connectivity index (χ3v) is 6.49. The van der Waals surface area contributed by atoms with Crippen molar-refractivity contribution in [2.45, 2.75) is 39.2 Å². The molecule has 1 aliphatic heterocycles. The minimum Gasteiger partial charge on any atom is -0.428 e. The number of amides is 1. The van der Waals surface area contributed by atoms with Crippen LogP contribution in [0.5, 0.6) is 0 Å². The van der Waals surface area contributed by atoms with Crippen LogP contribution in [0.2, 0.25) is 5.02 Å². The molecule has 43 heavy (non-hydrogen) atoms. The van der Waals surface area contributed by atoms with Gasteiger partial charge in [0.25, 0.3) is 0 Å². The maximum absolute atomic E-state index is 11.5. The Hall–Kier alpha value is -4.75. The van der Waals surface area contributed by atoms with Crippen LogP contribution >= 0.6 is 11.6 Å². The quantitative estimate of drug-likeness (QED) is 0.376. The van der Waals surface area contributed by atoms with E-state index in [0.717, 1.165) is 36.6 Å². The molecule has 226 valence electrons. The number of nitrogens with one attached hydrogen (secondary N) is 1. The van der Waals surface area contributed by atoms with E-state index >= 15 is 0 Å². The number of nitrogens with two attached hydrogens (primary N) is 1. The Labute approximate surface area is 260 Å². The van der Waals surface area contributed by atoms with E-state index in [0.29, 0.717) is 18.9 Å². The zero-order valence-corrected chi connectivity index (χ0v) is 26.0. The molecule has 1 amide bonds. The van der Waals surface area contributed by atoms with E-state index < -0.39 is 11.7 Å². The number of allylic oxidation sites excluding steroid dienone is 1. The highest BCUT2D eigenvalue weighted by molar-refractivity contribution is 6.30. The summed E-state index contributed by atoms with van der Waals surface area (Å²) in [6.45, 7) is 8.17. The first kappa shape index (κ1) is 36.3. The molecule has 2 aliphatic rings. The number of imidazole rings is 1. The average Bonchev–Trinajstić information content (AvgIpc) is 3.33. The molecular weight excluding hydrogens is 562 g/mol. The van der Waals surface area contributed by atoms with Gasteiger partial charge in [0.2, 0.25) is 0 Å². The van der Waals surface area contributed by atoms with Gasteiger partial charge in [-0.15, -0.1) is 25.7 Å². The number of benzene rings is 1. The second-order valence-electron chi connectivity index (χ2n) is 9.70. The number of hydrogen-bond acceptors (Lipinski definition) is 7. The summed E-state index contributed by atoms with van der Waals surface area (Å²) in [6.07, 6.45) is 24.8. The summed E-state index contributed by atoms with van der Waals surface area (Å²) in [6, 6.07) is 12.2. The molecule has 0 bridgehead atoms. The molecule has 3 N–H and O–H groups in total. The normalized spacial score (nSPS) is 12.8. The van der Waals surface area contributed by atoms with Gasteiger partial charge >= 0.3 is 6.09 Å². The van der Waals surface area contributed by atoms with Crippen molar-refractivity contribution in [1.82, 2.24) is 24.8 Å². The standard InChI is InChI=1S/C16H14ClN.C9H15N3O2.C4H7N3.2C2H2/c1-2-11-8-13-4-3-7-18-16(13)9-12-5-6-14(17)10-15(11)12;1-9(2,7-10)14-8(13)12-5-3-11-4-6-12;1-7-3-6-2-4(7)5;2*1-2/h3-8,10H,2,9H2,1H3;11H,3-6H2,1-2H3;2-3H,5H2,1H3;2*1-2H. The van der Waals surface area contributed by atoms with E-state index in [2.05, 4.69) is 72.2 Å². The number of piperazine rings is 1. The number of anilines is 1. The Kier molecular flexibility index (Phi) is 15.7.